The first kappa shape index (κ1) is 22.6. The number of benzene rings is 2. The van der Waals surface area contributed by atoms with Crippen LogP contribution in [0.25, 0.3) is 5.76 Å². The van der Waals surface area contributed by atoms with Crippen LogP contribution < -0.4 is 4.74 Å². The molecule has 1 aromatic heterocycles. The highest BCUT2D eigenvalue weighted by molar-refractivity contribution is 6.47. The quantitative estimate of drug-likeness (QED) is 0.314. The van der Waals surface area contributed by atoms with Crippen LogP contribution in [0.5, 0.6) is 5.75 Å². The Kier molecular flexibility index (Phi) is 6.47. The lowest BCUT2D eigenvalue weighted by molar-refractivity contribution is -0.140. The molecule has 6 nitrogen and oxygen atoms in total. The molecular formula is C26H23ClN2O4. The molecule has 1 N–H and O–H groups in total. The minimum Gasteiger partial charge on any atom is -0.507 e. The zero-order valence-corrected chi connectivity index (χ0v) is 19.0. The average Bonchev–Trinajstić information content (AvgIpc) is 3.06. The van der Waals surface area contributed by atoms with E-state index in [4.69, 9.17) is 16.3 Å². The maximum Gasteiger partial charge on any atom is 0.295 e. The van der Waals surface area contributed by atoms with E-state index in [2.05, 4.69) is 4.98 Å². The molecule has 4 rings (SSSR count). The van der Waals surface area contributed by atoms with Gasteiger partial charge in [-0.15, -0.1) is 0 Å². The van der Waals surface area contributed by atoms with Crippen molar-refractivity contribution in [2.75, 3.05) is 6.61 Å². The molecule has 168 valence electrons. The van der Waals surface area contributed by atoms with Crippen LogP contribution in [0.3, 0.4) is 0 Å². The first-order chi connectivity index (χ1) is 15.9. The van der Waals surface area contributed by atoms with E-state index in [1.807, 2.05) is 38.1 Å². The number of aryl methyl sites for hydroxylation is 1. The van der Waals surface area contributed by atoms with Gasteiger partial charge in [0.2, 0.25) is 0 Å². The van der Waals surface area contributed by atoms with Crippen molar-refractivity contribution in [3.8, 4) is 5.75 Å². The highest BCUT2D eigenvalue weighted by atomic mass is 35.5. The number of amides is 1. The van der Waals surface area contributed by atoms with Gasteiger partial charge in [-0.1, -0.05) is 41.4 Å². The molecule has 0 bridgehead atoms. The fourth-order valence-corrected chi connectivity index (χ4v) is 4.21. The van der Waals surface area contributed by atoms with Crippen molar-refractivity contribution in [2.45, 2.75) is 26.4 Å². The van der Waals surface area contributed by atoms with Gasteiger partial charge in [0.1, 0.15) is 11.5 Å². The van der Waals surface area contributed by atoms with Gasteiger partial charge in [0, 0.05) is 24.5 Å². The summed E-state index contributed by atoms with van der Waals surface area (Å²) >= 11 is 6.37. The normalized spacial score (nSPS) is 17.4. The number of likely N-dealkylation sites (tertiary alicyclic amines) is 1. The number of ether oxygens (including phenoxy) is 1. The molecular weight excluding hydrogens is 440 g/mol. The molecule has 0 radical (unpaired) electrons. The van der Waals surface area contributed by atoms with Gasteiger partial charge in [-0.3, -0.25) is 14.6 Å². The number of pyridine rings is 1. The molecule has 1 aliphatic rings. The molecule has 7 heteroatoms. The zero-order chi connectivity index (χ0) is 23.5. The number of nitrogens with zero attached hydrogens (tertiary/aromatic N) is 2. The van der Waals surface area contributed by atoms with Crippen molar-refractivity contribution in [1.29, 1.82) is 0 Å². The third-order valence-electron chi connectivity index (χ3n) is 5.50. The fourth-order valence-electron chi connectivity index (χ4n) is 4.00. The van der Waals surface area contributed by atoms with Gasteiger partial charge in [-0.05, 0) is 55.3 Å². The Morgan fingerprint density at radius 2 is 1.88 bits per heavy atom. The van der Waals surface area contributed by atoms with E-state index in [0.29, 0.717) is 12.4 Å². The van der Waals surface area contributed by atoms with E-state index in [-0.39, 0.29) is 28.5 Å². The van der Waals surface area contributed by atoms with E-state index in [1.165, 1.54) is 4.90 Å². The molecule has 1 saturated heterocycles. The average molecular weight is 463 g/mol. The van der Waals surface area contributed by atoms with Crippen molar-refractivity contribution >= 4 is 29.1 Å². The molecule has 33 heavy (non-hydrogen) atoms. The van der Waals surface area contributed by atoms with Crippen molar-refractivity contribution in [3.05, 3.63) is 99.8 Å². The van der Waals surface area contributed by atoms with Gasteiger partial charge < -0.3 is 14.7 Å². The Labute approximate surface area is 197 Å². The van der Waals surface area contributed by atoms with Gasteiger partial charge in [-0.2, -0.15) is 0 Å². The summed E-state index contributed by atoms with van der Waals surface area (Å²) in [5.41, 5.74) is 2.75. The lowest BCUT2D eigenvalue weighted by atomic mass is 9.94. The number of aromatic nitrogens is 1. The minimum atomic E-state index is -0.773. The number of hydrogen-bond acceptors (Lipinski definition) is 5. The fraction of sp³-hybridized carbons (Fsp3) is 0.192. The summed E-state index contributed by atoms with van der Waals surface area (Å²) in [6.45, 7) is 4.40. The molecule has 0 saturated carbocycles. The number of Topliss-reactive ketones (excluding diaryl/α,β-unsaturated/α-hetero) is 1. The van der Waals surface area contributed by atoms with Gasteiger partial charge in [0.05, 0.1) is 23.2 Å². The molecule has 3 aromatic rings. The molecule has 1 unspecified atom stereocenters. The second-order valence-electron chi connectivity index (χ2n) is 7.77. The van der Waals surface area contributed by atoms with Crippen LogP contribution in [0.4, 0.5) is 0 Å². The van der Waals surface area contributed by atoms with Crippen LogP contribution in [0.2, 0.25) is 5.02 Å². The van der Waals surface area contributed by atoms with Crippen molar-refractivity contribution < 1.29 is 19.4 Å². The Morgan fingerprint density at radius 3 is 2.58 bits per heavy atom. The summed E-state index contributed by atoms with van der Waals surface area (Å²) < 4.78 is 5.53. The van der Waals surface area contributed by atoms with Crippen LogP contribution in [-0.2, 0) is 16.1 Å². The Balaban J connectivity index is 1.89. The monoisotopic (exact) mass is 462 g/mol. The third-order valence-corrected chi connectivity index (χ3v) is 5.83. The number of halogens is 1. The van der Waals surface area contributed by atoms with E-state index in [0.717, 1.165) is 16.7 Å². The van der Waals surface area contributed by atoms with Crippen LogP contribution in [0.1, 0.15) is 35.2 Å². The summed E-state index contributed by atoms with van der Waals surface area (Å²) in [7, 11) is 0. The van der Waals surface area contributed by atoms with Crippen LogP contribution in [0, 0.1) is 6.92 Å². The summed E-state index contributed by atoms with van der Waals surface area (Å²) in [6, 6.07) is 15.2. The molecule has 2 aromatic carbocycles. The SMILES string of the molecule is CCOc1ccc(Cl)c(/C(O)=C2\C(=O)C(=O)N(Cc3ccncc3)C2c2cccc(C)c2)c1. The maximum absolute atomic E-state index is 13.2. The third kappa shape index (κ3) is 4.47. The first-order valence-electron chi connectivity index (χ1n) is 10.6. The smallest absolute Gasteiger partial charge is 0.295 e. The Hall–Kier alpha value is -3.64. The largest absolute Gasteiger partial charge is 0.507 e. The number of ketones is 1. The van der Waals surface area contributed by atoms with Crippen molar-refractivity contribution in [3.63, 3.8) is 0 Å². The minimum absolute atomic E-state index is 0.00444. The van der Waals surface area contributed by atoms with Gasteiger partial charge >= 0.3 is 0 Å². The standard InChI is InChI=1S/C26H23ClN2O4/c1-3-33-19-7-8-21(27)20(14-19)24(30)22-23(18-6-4-5-16(2)13-18)29(26(32)25(22)31)15-17-9-11-28-12-10-17/h4-14,23,30H,3,15H2,1-2H3/b24-22+. The number of carbonyl (C=O) groups is 2. The summed E-state index contributed by atoms with van der Waals surface area (Å²) in [5.74, 6) is -1.27. The number of hydrogen-bond donors (Lipinski definition) is 1. The van der Waals surface area contributed by atoms with Crippen molar-refractivity contribution in [1.82, 2.24) is 9.88 Å². The highest BCUT2D eigenvalue weighted by Crippen LogP contribution is 2.42. The van der Waals surface area contributed by atoms with E-state index < -0.39 is 17.7 Å². The Morgan fingerprint density at radius 1 is 1.12 bits per heavy atom. The predicted octanol–water partition coefficient (Wildman–Crippen LogP) is 5.06. The maximum atomic E-state index is 13.2. The number of aliphatic hydroxyl groups excluding tert-OH is 1. The van der Waals surface area contributed by atoms with Gasteiger partial charge in [0.25, 0.3) is 11.7 Å². The lowest BCUT2D eigenvalue weighted by Gasteiger charge is -2.25. The first-order valence-corrected chi connectivity index (χ1v) is 10.9. The topological polar surface area (TPSA) is 79.7 Å². The lowest BCUT2D eigenvalue weighted by Crippen LogP contribution is -2.29. The molecule has 1 atom stereocenters. The van der Waals surface area contributed by atoms with E-state index in [1.54, 1.807) is 42.7 Å². The second-order valence-corrected chi connectivity index (χ2v) is 8.18. The number of rotatable bonds is 6. The Bertz CT molecular complexity index is 1240. The van der Waals surface area contributed by atoms with Crippen LogP contribution >= 0.6 is 11.6 Å². The second kappa shape index (κ2) is 9.46. The highest BCUT2D eigenvalue weighted by Gasteiger charge is 2.46. The van der Waals surface area contributed by atoms with E-state index in [9.17, 15) is 14.7 Å². The molecule has 1 aliphatic heterocycles. The van der Waals surface area contributed by atoms with Crippen LogP contribution in [0.15, 0.2) is 72.6 Å². The summed E-state index contributed by atoms with van der Waals surface area (Å²) in [5, 5.41) is 11.5. The molecule has 2 heterocycles. The van der Waals surface area contributed by atoms with Gasteiger partial charge in [-0.25, -0.2) is 0 Å². The van der Waals surface area contributed by atoms with Gasteiger partial charge in [0.15, 0.2) is 0 Å². The number of carbonyl (C=O) groups excluding carboxylic acids is 2. The predicted molar refractivity (Wildman–Crippen MR) is 126 cm³/mol. The van der Waals surface area contributed by atoms with Crippen molar-refractivity contribution in [2.24, 2.45) is 0 Å². The number of aliphatic hydroxyl groups is 1. The zero-order valence-electron chi connectivity index (χ0n) is 18.3. The summed E-state index contributed by atoms with van der Waals surface area (Å²) in [4.78, 5) is 31.8. The van der Waals surface area contributed by atoms with E-state index >= 15 is 0 Å². The molecule has 1 fully saturated rings. The summed E-state index contributed by atoms with van der Waals surface area (Å²) in [6.07, 6.45) is 3.26. The molecule has 0 spiro atoms. The molecule has 1 amide bonds. The molecule has 0 aliphatic carbocycles. The van der Waals surface area contributed by atoms with Crippen LogP contribution in [-0.4, -0.2) is 33.3 Å².